The number of morpholine rings is 1. The van der Waals surface area contributed by atoms with Crippen LogP contribution in [0.2, 0.25) is 0 Å². The molecule has 1 amide bonds. The van der Waals surface area contributed by atoms with Gasteiger partial charge in [-0.05, 0) is 25.8 Å². The number of fused-ring (bicyclic) bond motifs is 3. The maximum Gasteiger partial charge on any atom is 0.261 e. The van der Waals surface area contributed by atoms with E-state index in [1.807, 2.05) is 4.90 Å². The third-order valence-corrected chi connectivity index (χ3v) is 6.81. The molecule has 1 aromatic rings. The molecular formula is C24H32N8O4. The normalized spacial score (nSPS) is 23.8. The van der Waals surface area contributed by atoms with E-state index in [1.165, 1.54) is 12.4 Å². The summed E-state index contributed by atoms with van der Waals surface area (Å²) in [6.07, 6.45) is 6.39. The van der Waals surface area contributed by atoms with Gasteiger partial charge in [-0.3, -0.25) is 24.9 Å². The molecule has 1 aliphatic carbocycles. The van der Waals surface area contributed by atoms with Gasteiger partial charge in [-0.2, -0.15) is 0 Å². The van der Waals surface area contributed by atoms with E-state index < -0.39 is 5.41 Å². The van der Waals surface area contributed by atoms with Crippen molar-refractivity contribution in [3.05, 3.63) is 41.2 Å². The number of anilines is 1. The van der Waals surface area contributed by atoms with Crippen molar-refractivity contribution >= 4 is 23.7 Å². The molecule has 1 fully saturated rings. The third kappa shape index (κ3) is 4.65. The fourth-order valence-electron chi connectivity index (χ4n) is 4.86. The molecule has 12 heteroatoms. The highest BCUT2D eigenvalue weighted by Gasteiger charge is 2.49. The monoisotopic (exact) mass is 496 g/mol. The molecule has 36 heavy (non-hydrogen) atoms. The molecule has 5 rings (SSSR count). The topological polar surface area (TPSA) is 140 Å². The fourth-order valence-corrected chi connectivity index (χ4v) is 4.86. The molecule has 4 aliphatic rings. The van der Waals surface area contributed by atoms with Gasteiger partial charge in [0.1, 0.15) is 11.5 Å². The lowest BCUT2D eigenvalue weighted by Crippen LogP contribution is -2.54. The number of hydrogen-bond acceptors (Lipinski definition) is 11. The molecule has 3 N–H and O–H groups in total. The van der Waals surface area contributed by atoms with Crippen molar-refractivity contribution in [3.8, 4) is 0 Å². The maximum absolute atomic E-state index is 12.9. The maximum atomic E-state index is 12.9. The highest BCUT2D eigenvalue weighted by atomic mass is 16.5. The van der Waals surface area contributed by atoms with Crippen molar-refractivity contribution < 1.29 is 19.0 Å². The largest absolute Gasteiger partial charge is 0.491 e. The van der Waals surface area contributed by atoms with Gasteiger partial charge >= 0.3 is 0 Å². The summed E-state index contributed by atoms with van der Waals surface area (Å²) >= 11 is 0. The molecule has 0 radical (unpaired) electrons. The summed E-state index contributed by atoms with van der Waals surface area (Å²) in [6.45, 7) is 8.36. The Morgan fingerprint density at radius 1 is 1.25 bits per heavy atom. The lowest BCUT2D eigenvalue weighted by molar-refractivity contribution is 0.0340. The third-order valence-electron chi connectivity index (χ3n) is 6.81. The highest BCUT2D eigenvalue weighted by Crippen LogP contribution is 2.46. The number of rotatable bonds is 7. The molecule has 0 aromatic carbocycles. The lowest BCUT2D eigenvalue weighted by Gasteiger charge is -2.42. The van der Waals surface area contributed by atoms with Crippen LogP contribution < -0.4 is 11.1 Å². The van der Waals surface area contributed by atoms with Crippen LogP contribution in [0.25, 0.3) is 0 Å². The van der Waals surface area contributed by atoms with Crippen molar-refractivity contribution in [1.29, 1.82) is 0 Å². The van der Waals surface area contributed by atoms with Crippen LogP contribution in [-0.4, -0.2) is 97.1 Å². The number of carbonyl (C=O) groups excluding carboxylic acids is 1. The Balaban J connectivity index is 1.35. The predicted octanol–water partition coefficient (Wildman–Crippen LogP) is 0.763. The van der Waals surface area contributed by atoms with Gasteiger partial charge in [-0.1, -0.05) is 0 Å². The second-order valence-electron chi connectivity index (χ2n) is 9.22. The van der Waals surface area contributed by atoms with Gasteiger partial charge < -0.3 is 19.9 Å². The summed E-state index contributed by atoms with van der Waals surface area (Å²) in [7, 11) is 1.61. The van der Waals surface area contributed by atoms with E-state index in [0.717, 1.165) is 45.1 Å². The average Bonchev–Trinajstić information content (AvgIpc) is 3.40. The zero-order valence-corrected chi connectivity index (χ0v) is 20.7. The summed E-state index contributed by atoms with van der Waals surface area (Å²) in [6, 6.07) is 0. The molecule has 0 spiro atoms. The van der Waals surface area contributed by atoms with Crippen LogP contribution >= 0.6 is 0 Å². The fraction of sp³-hybridized carbons (Fsp3) is 0.542. The summed E-state index contributed by atoms with van der Waals surface area (Å²) in [5.74, 6) is 2.20. The van der Waals surface area contributed by atoms with Gasteiger partial charge in [0.15, 0.2) is 11.5 Å². The molecule has 1 saturated heterocycles. The Morgan fingerprint density at radius 2 is 2.03 bits per heavy atom. The Kier molecular flexibility index (Phi) is 6.88. The van der Waals surface area contributed by atoms with E-state index in [2.05, 4.69) is 33.2 Å². The Hall–Kier alpha value is -3.51. The van der Waals surface area contributed by atoms with Crippen molar-refractivity contribution in [2.45, 2.75) is 19.8 Å². The van der Waals surface area contributed by atoms with Gasteiger partial charge in [0.05, 0.1) is 44.5 Å². The average molecular weight is 497 g/mol. The second-order valence-corrected chi connectivity index (χ2v) is 9.22. The van der Waals surface area contributed by atoms with E-state index in [-0.39, 0.29) is 17.4 Å². The number of nitrogens with one attached hydrogen (secondary N) is 1. The van der Waals surface area contributed by atoms with E-state index in [9.17, 15) is 4.79 Å². The lowest BCUT2D eigenvalue weighted by atomic mass is 9.77. The number of nitrogens with two attached hydrogens (primary N) is 1. The molecule has 0 bridgehead atoms. The van der Waals surface area contributed by atoms with Crippen LogP contribution in [-0.2, 0) is 14.2 Å². The van der Waals surface area contributed by atoms with Crippen LogP contribution in [0.1, 0.15) is 30.1 Å². The first kappa shape index (κ1) is 24.2. The van der Waals surface area contributed by atoms with Crippen molar-refractivity contribution in [1.82, 2.24) is 25.1 Å². The first-order valence-corrected chi connectivity index (χ1v) is 12.2. The molecular weight excluding hydrogens is 464 g/mol. The minimum absolute atomic E-state index is 0.104. The molecule has 3 aliphatic heterocycles. The van der Waals surface area contributed by atoms with Crippen LogP contribution in [0.4, 0.5) is 5.95 Å². The summed E-state index contributed by atoms with van der Waals surface area (Å²) in [5.41, 5.74) is 6.04. The van der Waals surface area contributed by atoms with Crippen LogP contribution in [0.5, 0.6) is 0 Å². The number of aromatic nitrogens is 2. The van der Waals surface area contributed by atoms with E-state index in [4.69, 9.17) is 29.9 Å². The minimum Gasteiger partial charge on any atom is -0.491 e. The van der Waals surface area contributed by atoms with Crippen LogP contribution in [0.15, 0.2) is 45.7 Å². The number of allylic oxidation sites excluding steroid dienone is 1. The number of amidine groups is 1. The van der Waals surface area contributed by atoms with Crippen molar-refractivity contribution in [3.63, 3.8) is 0 Å². The van der Waals surface area contributed by atoms with Gasteiger partial charge in [-0.15, -0.1) is 0 Å². The zero-order valence-electron chi connectivity index (χ0n) is 20.7. The summed E-state index contributed by atoms with van der Waals surface area (Å²) < 4.78 is 17.4. The van der Waals surface area contributed by atoms with Gasteiger partial charge in [0, 0.05) is 38.6 Å². The van der Waals surface area contributed by atoms with Crippen molar-refractivity contribution in [2.75, 3.05) is 65.4 Å². The Morgan fingerprint density at radius 3 is 2.78 bits per heavy atom. The van der Waals surface area contributed by atoms with E-state index >= 15 is 0 Å². The zero-order chi connectivity index (χ0) is 25.1. The van der Waals surface area contributed by atoms with Crippen LogP contribution in [0.3, 0.4) is 0 Å². The number of nitrogen functional groups attached to an aromatic ring is 1. The second kappa shape index (κ2) is 10.2. The molecule has 4 heterocycles. The number of amides is 1. The van der Waals surface area contributed by atoms with E-state index in [0.29, 0.717) is 49.3 Å². The van der Waals surface area contributed by atoms with Crippen molar-refractivity contribution in [2.24, 2.45) is 15.4 Å². The quantitative estimate of drug-likeness (QED) is 0.524. The molecule has 0 saturated carbocycles. The van der Waals surface area contributed by atoms with Gasteiger partial charge in [0.25, 0.3) is 5.91 Å². The standard InChI is InChI=1S/C24H32N8O4/c1-24-5-4-17(36-11-3-7-31-9-12-35-13-10-31)18(34-2)19(24)29-23(32-8-6-26-21(24)32)30-20(33)16-14-27-22(25)28-15-16/h4,14-15H,3,5-13H2,1-2H3,(H2,25,27,28)(H,29,30,33). The summed E-state index contributed by atoms with van der Waals surface area (Å²) in [5, 5.41) is 2.89. The number of carbonyl (C=O) groups is 1. The Bertz CT molecular complexity index is 1120. The Labute approximate surface area is 209 Å². The first-order chi connectivity index (χ1) is 17.5. The van der Waals surface area contributed by atoms with Crippen LogP contribution in [0, 0.1) is 5.41 Å². The molecule has 1 aromatic heterocycles. The number of methoxy groups -OCH3 is 1. The smallest absolute Gasteiger partial charge is 0.261 e. The molecule has 192 valence electrons. The number of guanidine groups is 1. The minimum atomic E-state index is -0.485. The molecule has 12 nitrogen and oxygen atoms in total. The number of hydrogen-bond donors (Lipinski definition) is 2. The number of ether oxygens (including phenoxy) is 3. The van der Waals surface area contributed by atoms with Gasteiger partial charge in [-0.25, -0.2) is 15.0 Å². The highest BCUT2D eigenvalue weighted by molar-refractivity contribution is 6.14. The summed E-state index contributed by atoms with van der Waals surface area (Å²) in [4.78, 5) is 34.7. The predicted molar refractivity (Wildman–Crippen MR) is 133 cm³/mol. The molecule has 1 atom stereocenters. The SMILES string of the molecule is COC1=C2N=C(NC(=O)c3cnc(N)nc3)N3CCN=C3C2(C)CC=C1OCCCN1CCOCC1. The first-order valence-electron chi connectivity index (χ1n) is 12.2. The van der Waals surface area contributed by atoms with E-state index in [1.54, 1.807) is 7.11 Å². The number of nitrogens with zero attached hydrogens (tertiary/aromatic N) is 6. The number of aliphatic imine (C=N–C) groups is 2. The molecule has 1 unspecified atom stereocenters. The van der Waals surface area contributed by atoms with Gasteiger partial charge in [0.2, 0.25) is 11.9 Å².